The standard InChI is InChI=1S/C13H15BrN4O2/c1-4-18-8-10(14)12(16-18)13(19)17(2)9-5-6-11(20-3)15-7-9/h5-8H,4H2,1-3H3. The molecular weight excluding hydrogens is 324 g/mol. The Morgan fingerprint density at radius 1 is 1.50 bits per heavy atom. The number of carbonyl (C=O) groups is 1. The molecule has 20 heavy (non-hydrogen) atoms. The van der Waals surface area contributed by atoms with Crippen LogP contribution in [-0.2, 0) is 6.54 Å². The molecule has 0 fully saturated rings. The summed E-state index contributed by atoms with van der Waals surface area (Å²) in [6.07, 6.45) is 3.37. The van der Waals surface area contributed by atoms with Gasteiger partial charge in [-0.1, -0.05) is 0 Å². The normalized spacial score (nSPS) is 10.4. The highest BCUT2D eigenvalue weighted by Gasteiger charge is 2.20. The van der Waals surface area contributed by atoms with Gasteiger partial charge in [-0.2, -0.15) is 5.10 Å². The van der Waals surface area contributed by atoms with Crippen LogP contribution in [0.3, 0.4) is 0 Å². The molecule has 0 atom stereocenters. The second kappa shape index (κ2) is 6.04. The van der Waals surface area contributed by atoms with Crippen molar-refractivity contribution in [1.29, 1.82) is 0 Å². The predicted octanol–water partition coefficient (Wildman–Crippen LogP) is 2.35. The van der Waals surface area contributed by atoms with Crippen LogP contribution in [0, 0.1) is 0 Å². The van der Waals surface area contributed by atoms with Crippen molar-refractivity contribution < 1.29 is 9.53 Å². The van der Waals surface area contributed by atoms with E-state index in [0.29, 0.717) is 28.3 Å². The van der Waals surface area contributed by atoms with Crippen molar-refractivity contribution in [2.45, 2.75) is 13.5 Å². The Labute approximate surface area is 125 Å². The molecule has 0 spiro atoms. The van der Waals surface area contributed by atoms with Gasteiger partial charge in [-0.3, -0.25) is 9.48 Å². The van der Waals surface area contributed by atoms with Crippen LogP contribution in [0.15, 0.2) is 29.0 Å². The maximum atomic E-state index is 12.4. The first kappa shape index (κ1) is 14.5. The number of halogens is 1. The summed E-state index contributed by atoms with van der Waals surface area (Å²) in [6.45, 7) is 2.67. The fraction of sp³-hybridized carbons (Fsp3) is 0.308. The van der Waals surface area contributed by atoms with Crippen molar-refractivity contribution >= 4 is 27.5 Å². The third kappa shape index (κ3) is 2.82. The lowest BCUT2D eigenvalue weighted by Crippen LogP contribution is -2.27. The third-order valence-corrected chi connectivity index (χ3v) is 3.45. The van der Waals surface area contributed by atoms with Crippen LogP contribution < -0.4 is 9.64 Å². The Kier molecular flexibility index (Phi) is 4.39. The maximum absolute atomic E-state index is 12.4. The average Bonchev–Trinajstić information content (AvgIpc) is 2.87. The van der Waals surface area contributed by atoms with E-state index in [-0.39, 0.29) is 5.91 Å². The second-order valence-electron chi connectivity index (χ2n) is 4.10. The summed E-state index contributed by atoms with van der Waals surface area (Å²) in [5, 5.41) is 4.24. The number of hydrogen-bond acceptors (Lipinski definition) is 4. The van der Waals surface area contributed by atoms with Crippen LogP contribution in [0.5, 0.6) is 5.88 Å². The van der Waals surface area contributed by atoms with E-state index in [0.717, 1.165) is 0 Å². The van der Waals surface area contributed by atoms with Gasteiger partial charge in [0, 0.05) is 25.9 Å². The van der Waals surface area contributed by atoms with Gasteiger partial charge in [-0.15, -0.1) is 0 Å². The quantitative estimate of drug-likeness (QED) is 0.858. The van der Waals surface area contributed by atoms with Crippen LogP contribution in [0.2, 0.25) is 0 Å². The van der Waals surface area contributed by atoms with E-state index < -0.39 is 0 Å². The predicted molar refractivity (Wildman–Crippen MR) is 79.1 cm³/mol. The number of rotatable bonds is 4. The lowest BCUT2D eigenvalue weighted by atomic mass is 10.3. The smallest absolute Gasteiger partial charge is 0.279 e. The zero-order valence-corrected chi connectivity index (χ0v) is 13.1. The Bertz CT molecular complexity index is 609. The summed E-state index contributed by atoms with van der Waals surface area (Å²) < 4.78 is 7.38. The van der Waals surface area contributed by atoms with E-state index in [2.05, 4.69) is 26.0 Å². The minimum Gasteiger partial charge on any atom is -0.481 e. The fourth-order valence-electron chi connectivity index (χ4n) is 1.67. The Balaban J connectivity index is 2.24. The molecule has 7 heteroatoms. The molecule has 0 aliphatic rings. The van der Waals surface area contributed by atoms with Crippen molar-refractivity contribution in [1.82, 2.24) is 14.8 Å². The number of ether oxygens (including phenoxy) is 1. The summed E-state index contributed by atoms with van der Waals surface area (Å²) >= 11 is 3.36. The van der Waals surface area contributed by atoms with Gasteiger partial charge in [0.2, 0.25) is 5.88 Å². The number of pyridine rings is 1. The number of hydrogen-bond donors (Lipinski definition) is 0. The van der Waals surface area contributed by atoms with Crippen LogP contribution in [0.4, 0.5) is 5.69 Å². The Morgan fingerprint density at radius 2 is 2.25 bits per heavy atom. The van der Waals surface area contributed by atoms with Crippen molar-refractivity contribution in [3.8, 4) is 5.88 Å². The van der Waals surface area contributed by atoms with E-state index in [9.17, 15) is 4.79 Å². The average molecular weight is 339 g/mol. The molecule has 0 aliphatic carbocycles. The SMILES string of the molecule is CCn1cc(Br)c(C(=O)N(C)c2ccc(OC)nc2)n1. The highest BCUT2D eigenvalue weighted by molar-refractivity contribution is 9.10. The summed E-state index contributed by atoms with van der Waals surface area (Å²) in [5.41, 5.74) is 1.05. The Hall–Kier alpha value is -1.89. The second-order valence-corrected chi connectivity index (χ2v) is 4.96. The molecule has 106 valence electrons. The molecule has 0 aromatic carbocycles. The maximum Gasteiger partial charge on any atom is 0.279 e. The summed E-state index contributed by atoms with van der Waals surface area (Å²) in [5.74, 6) is 0.307. The first-order valence-corrected chi connectivity index (χ1v) is 6.87. The molecule has 0 saturated heterocycles. The zero-order chi connectivity index (χ0) is 14.7. The van der Waals surface area contributed by atoms with Gasteiger partial charge >= 0.3 is 0 Å². The number of methoxy groups -OCH3 is 1. The van der Waals surface area contributed by atoms with Gasteiger partial charge in [0.25, 0.3) is 5.91 Å². The van der Waals surface area contributed by atoms with Gasteiger partial charge < -0.3 is 9.64 Å². The Morgan fingerprint density at radius 3 is 2.75 bits per heavy atom. The van der Waals surface area contributed by atoms with E-state index >= 15 is 0 Å². The van der Waals surface area contributed by atoms with Crippen LogP contribution in [0.1, 0.15) is 17.4 Å². The number of aromatic nitrogens is 3. The third-order valence-electron chi connectivity index (χ3n) is 2.87. The molecule has 6 nitrogen and oxygen atoms in total. The molecule has 2 aromatic heterocycles. The van der Waals surface area contributed by atoms with Gasteiger partial charge in [0.05, 0.1) is 23.5 Å². The molecule has 0 saturated carbocycles. The largest absolute Gasteiger partial charge is 0.481 e. The minimum absolute atomic E-state index is 0.198. The molecule has 2 heterocycles. The minimum atomic E-state index is -0.198. The number of carbonyl (C=O) groups excluding carboxylic acids is 1. The number of amides is 1. The molecule has 2 rings (SSSR count). The first-order chi connectivity index (χ1) is 9.56. The highest BCUT2D eigenvalue weighted by atomic mass is 79.9. The number of nitrogens with zero attached hydrogens (tertiary/aromatic N) is 4. The van der Waals surface area contributed by atoms with E-state index in [1.54, 1.807) is 43.4 Å². The lowest BCUT2D eigenvalue weighted by molar-refractivity contribution is 0.0986. The summed E-state index contributed by atoms with van der Waals surface area (Å²) in [4.78, 5) is 18.0. The molecule has 0 aliphatic heterocycles. The lowest BCUT2D eigenvalue weighted by Gasteiger charge is -2.16. The topological polar surface area (TPSA) is 60.2 Å². The van der Waals surface area contributed by atoms with Crippen LogP contribution >= 0.6 is 15.9 Å². The van der Waals surface area contributed by atoms with Gasteiger partial charge in [0.15, 0.2) is 5.69 Å². The molecule has 1 amide bonds. The molecular formula is C13H15BrN4O2. The highest BCUT2D eigenvalue weighted by Crippen LogP contribution is 2.21. The summed E-state index contributed by atoms with van der Waals surface area (Å²) in [7, 11) is 3.23. The van der Waals surface area contributed by atoms with Crippen LogP contribution in [0.25, 0.3) is 0 Å². The molecule has 0 bridgehead atoms. The van der Waals surface area contributed by atoms with E-state index in [1.165, 1.54) is 4.90 Å². The van der Waals surface area contributed by atoms with Crippen molar-refractivity contribution in [3.63, 3.8) is 0 Å². The van der Waals surface area contributed by atoms with Crippen molar-refractivity contribution in [2.75, 3.05) is 19.1 Å². The number of anilines is 1. The van der Waals surface area contributed by atoms with E-state index in [1.807, 2.05) is 6.92 Å². The van der Waals surface area contributed by atoms with Crippen molar-refractivity contribution in [2.24, 2.45) is 0 Å². The summed E-state index contributed by atoms with van der Waals surface area (Å²) in [6, 6.07) is 3.48. The van der Waals surface area contributed by atoms with Gasteiger partial charge in [-0.05, 0) is 28.9 Å². The molecule has 2 aromatic rings. The van der Waals surface area contributed by atoms with E-state index in [4.69, 9.17) is 4.74 Å². The molecule has 0 unspecified atom stereocenters. The molecule has 0 N–H and O–H groups in total. The van der Waals surface area contributed by atoms with Gasteiger partial charge in [0.1, 0.15) is 0 Å². The zero-order valence-electron chi connectivity index (χ0n) is 11.5. The monoisotopic (exact) mass is 338 g/mol. The first-order valence-electron chi connectivity index (χ1n) is 6.07. The molecule has 0 radical (unpaired) electrons. The van der Waals surface area contributed by atoms with Gasteiger partial charge in [-0.25, -0.2) is 4.98 Å². The van der Waals surface area contributed by atoms with Crippen molar-refractivity contribution in [3.05, 3.63) is 34.7 Å². The number of aryl methyl sites for hydroxylation is 1. The fourth-order valence-corrected chi connectivity index (χ4v) is 2.16. The van der Waals surface area contributed by atoms with Crippen LogP contribution in [-0.4, -0.2) is 34.8 Å².